The molecular formula is C8H10ClIS. The van der Waals surface area contributed by atoms with Gasteiger partial charge in [0, 0.05) is 14.5 Å². The van der Waals surface area contributed by atoms with E-state index in [9.17, 15) is 0 Å². The summed E-state index contributed by atoms with van der Waals surface area (Å²) in [7, 11) is 0. The fraction of sp³-hybridized carbons (Fsp3) is 0.500. The Morgan fingerprint density at radius 2 is 2.00 bits per heavy atom. The normalized spacial score (nSPS) is 12.1. The molecule has 1 aromatic heterocycles. The Morgan fingerprint density at radius 3 is 2.18 bits per heavy atom. The monoisotopic (exact) mass is 300 g/mol. The van der Waals surface area contributed by atoms with E-state index in [1.165, 1.54) is 9.13 Å². The van der Waals surface area contributed by atoms with Crippen LogP contribution in [0.25, 0.3) is 0 Å². The predicted octanol–water partition coefficient (Wildman–Crippen LogP) is 4.30. The third-order valence-corrected chi connectivity index (χ3v) is 3.95. The average Bonchev–Trinajstić information content (AvgIpc) is 2.08. The van der Waals surface area contributed by atoms with Gasteiger partial charge in [0.1, 0.15) is 0 Å². The highest BCUT2D eigenvalue weighted by Crippen LogP contribution is 2.37. The Hall–Kier alpha value is 0.720. The van der Waals surface area contributed by atoms with Gasteiger partial charge in [-0.05, 0) is 28.0 Å². The number of thiophene rings is 1. The maximum Gasteiger partial charge on any atom is 0.0976 e. The minimum atomic E-state index is 0.174. The van der Waals surface area contributed by atoms with Crippen molar-refractivity contribution in [1.82, 2.24) is 0 Å². The van der Waals surface area contributed by atoms with Crippen LogP contribution in [-0.4, -0.2) is 0 Å². The van der Waals surface area contributed by atoms with Crippen molar-refractivity contribution in [3.8, 4) is 0 Å². The van der Waals surface area contributed by atoms with Crippen molar-refractivity contribution < 1.29 is 0 Å². The summed E-state index contributed by atoms with van der Waals surface area (Å²) in [5.74, 6) is 0. The third-order valence-electron chi connectivity index (χ3n) is 1.45. The third kappa shape index (κ3) is 2.10. The lowest BCUT2D eigenvalue weighted by molar-refractivity contribution is 0.590. The topological polar surface area (TPSA) is 0 Å². The molecule has 0 radical (unpaired) electrons. The molecule has 0 spiro atoms. The summed E-state index contributed by atoms with van der Waals surface area (Å²) in [5.41, 5.74) is 1.46. The lowest BCUT2D eigenvalue weighted by Gasteiger charge is -2.18. The molecule has 0 bridgehead atoms. The molecule has 0 atom stereocenters. The Bertz CT molecular complexity index is 240. The summed E-state index contributed by atoms with van der Waals surface area (Å²) in [6.45, 7) is 6.55. The molecule has 0 aliphatic rings. The molecule has 0 saturated heterocycles. The fourth-order valence-electron chi connectivity index (χ4n) is 0.968. The minimum absolute atomic E-state index is 0.174. The van der Waals surface area contributed by atoms with Crippen LogP contribution in [0.5, 0.6) is 0 Å². The standard InChI is InChI=1S/C8H10ClIS/c1-8(2,3)6-5(10)4-11-7(6)9/h4H,1-3H3. The van der Waals surface area contributed by atoms with Gasteiger partial charge in [-0.2, -0.15) is 0 Å². The Labute approximate surface area is 90.1 Å². The summed E-state index contributed by atoms with van der Waals surface area (Å²) in [5, 5.41) is 2.10. The van der Waals surface area contributed by atoms with Gasteiger partial charge in [-0.3, -0.25) is 0 Å². The first-order valence-corrected chi connectivity index (χ1v) is 5.69. The Morgan fingerprint density at radius 1 is 1.45 bits per heavy atom. The summed E-state index contributed by atoms with van der Waals surface area (Å²) < 4.78 is 2.21. The van der Waals surface area contributed by atoms with E-state index in [1.807, 2.05) is 0 Å². The highest BCUT2D eigenvalue weighted by atomic mass is 127. The van der Waals surface area contributed by atoms with E-state index < -0.39 is 0 Å². The summed E-state index contributed by atoms with van der Waals surface area (Å²) in [6, 6.07) is 0. The second-order valence-corrected chi connectivity index (χ2v) is 6.13. The van der Waals surface area contributed by atoms with Gasteiger partial charge in [0.25, 0.3) is 0 Å². The first-order valence-electron chi connectivity index (χ1n) is 3.36. The molecule has 1 aromatic rings. The average molecular weight is 301 g/mol. The van der Waals surface area contributed by atoms with Crippen molar-refractivity contribution >= 4 is 45.5 Å². The molecule has 62 valence electrons. The maximum absolute atomic E-state index is 6.04. The van der Waals surface area contributed by atoms with Crippen molar-refractivity contribution in [2.24, 2.45) is 0 Å². The van der Waals surface area contributed by atoms with Crippen LogP contribution in [0.4, 0.5) is 0 Å². The zero-order valence-corrected chi connectivity index (χ0v) is 10.5. The van der Waals surface area contributed by atoms with Crippen LogP contribution in [0.1, 0.15) is 26.3 Å². The lowest BCUT2D eigenvalue weighted by atomic mass is 9.89. The zero-order valence-electron chi connectivity index (χ0n) is 6.74. The molecule has 0 fully saturated rings. The molecular weight excluding hydrogens is 291 g/mol. The number of rotatable bonds is 0. The second kappa shape index (κ2) is 3.23. The van der Waals surface area contributed by atoms with E-state index in [1.54, 1.807) is 11.3 Å². The van der Waals surface area contributed by atoms with Crippen LogP contribution < -0.4 is 0 Å². The van der Waals surface area contributed by atoms with Crippen molar-refractivity contribution in [2.45, 2.75) is 26.2 Å². The van der Waals surface area contributed by atoms with Crippen LogP contribution in [0, 0.1) is 3.57 Å². The van der Waals surface area contributed by atoms with Gasteiger partial charge in [0.15, 0.2) is 0 Å². The molecule has 1 rings (SSSR count). The molecule has 1 heterocycles. The van der Waals surface area contributed by atoms with Crippen LogP contribution in [0.15, 0.2) is 5.38 Å². The molecule has 0 aliphatic heterocycles. The van der Waals surface area contributed by atoms with Gasteiger partial charge in [-0.15, -0.1) is 11.3 Å². The zero-order chi connectivity index (χ0) is 8.65. The van der Waals surface area contributed by atoms with E-state index in [4.69, 9.17) is 11.6 Å². The van der Waals surface area contributed by atoms with E-state index in [-0.39, 0.29) is 5.41 Å². The molecule has 3 heteroatoms. The van der Waals surface area contributed by atoms with Crippen molar-refractivity contribution in [3.63, 3.8) is 0 Å². The lowest BCUT2D eigenvalue weighted by Crippen LogP contribution is -2.11. The number of hydrogen-bond donors (Lipinski definition) is 0. The van der Waals surface area contributed by atoms with E-state index >= 15 is 0 Å². The second-order valence-electron chi connectivity index (χ2n) is 3.48. The van der Waals surface area contributed by atoms with Gasteiger partial charge < -0.3 is 0 Å². The SMILES string of the molecule is CC(C)(C)c1c(I)csc1Cl. The van der Waals surface area contributed by atoms with Crippen LogP contribution in [0.3, 0.4) is 0 Å². The van der Waals surface area contributed by atoms with Gasteiger partial charge >= 0.3 is 0 Å². The number of halogens is 2. The van der Waals surface area contributed by atoms with E-state index in [0.29, 0.717) is 0 Å². The van der Waals surface area contributed by atoms with Crippen LogP contribution in [0.2, 0.25) is 4.34 Å². The van der Waals surface area contributed by atoms with Gasteiger partial charge in [0.2, 0.25) is 0 Å². The molecule has 0 amide bonds. The van der Waals surface area contributed by atoms with Crippen molar-refractivity contribution in [2.75, 3.05) is 0 Å². The molecule has 0 aromatic carbocycles. The Balaban J connectivity index is 3.21. The predicted molar refractivity (Wildman–Crippen MR) is 60.7 cm³/mol. The molecule has 0 nitrogen and oxygen atoms in total. The van der Waals surface area contributed by atoms with Crippen LogP contribution in [-0.2, 0) is 5.41 Å². The van der Waals surface area contributed by atoms with Gasteiger partial charge in [-0.25, -0.2) is 0 Å². The van der Waals surface area contributed by atoms with Gasteiger partial charge in [-0.1, -0.05) is 32.4 Å². The first kappa shape index (κ1) is 9.81. The molecule has 11 heavy (non-hydrogen) atoms. The summed E-state index contributed by atoms with van der Waals surface area (Å²) in [6.07, 6.45) is 0. The maximum atomic E-state index is 6.04. The summed E-state index contributed by atoms with van der Waals surface area (Å²) >= 11 is 9.99. The van der Waals surface area contributed by atoms with E-state index in [0.717, 1.165) is 4.34 Å². The van der Waals surface area contributed by atoms with Crippen molar-refractivity contribution in [3.05, 3.63) is 18.9 Å². The largest absolute Gasteiger partial charge is 0.131 e. The van der Waals surface area contributed by atoms with E-state index in [2.05, 4.69) is 48.7 Å². The molecule has 0 aliphatic carbocycles. The summed E-state index contributed by atoms with van der Waals surface area (Å²) in [4.78, 5) is 0. The fourth-order valence-corrected chi connectivity index (χ4v) is 4.15. The Kier molecular flexibility index (Phi) is 2.88. The molecule has 0 saturated carbocycles. The first-order chi connectivity index (χ1) is 4.93. The minimum Gasteiger partial charge on any atom is -0.131 e. The van der Waals surface area contributed by atoms with Crippen LogP contribution >= 0.6 is 45.5 Å². The number of hydrogen-bond acceptors (Lipinski definition) is 1. The highest BCUT2D eigenvalue weighted by molar-refractivity contribution is 14.1. The smallest absolute Gasteiger partial charge is 0.0976 e. The highest BCUT2D eigenvalue weighted by Gasteiger charge is 2.21. The molecule has 0 unspecified atom stereocenters. The molecule has 0 N–H and O–H groups in total. The van der Waals surface area contributed by atoms with Crippen molar-refractivity contribution in [1.29, 1.82) is 0 Å². The van der Waals surface area contributed by atoms with Gasteiger partial charge in [0.05, 0.1) is 4.34 Å². The quantitative estimate of drug-likeness (QED) is 0.627.